The first-order valence-electron chi connectivity index (χ1n) is 28.7. The van der Waals surface area contributed by atoms with Gasteiger partial charge in [0.05, 0.1) is 63.5 Å². The van der Waals surface area contributed by atoms with Gasteiger partial charge in [0, 0.05) is 27.2 Å². The number of hydrogen-bond donors (Lipinski definition) is 23. The molecule has 0 aliphatic carbocycles. The number of aliphatic hydroxyl groups excluding tert-OH is 19. The molecule has 6 aliphatic heterocycles. The third kappa shape index (κ3) is 17.0. The molecule has 0 aromatic carbocycles. The van der Waals surface area contributed by atoms with Gasteiger partial charge in [-0.2, -0.15) is 0 Å². The number of nitrogens with one attached hydrogen (secondary N) is 3. The molecule has 6 rings (SSSR count). The highest BCUT2D eigenvalue weighted by Gasteiger charge is 2.60. The lowest BCUT2D eigenvalue weighted by Gasteiger charge is -2.51. The van der Waals surface area contributed by atoms with Gasteiger partial charge < -0.3 is 175 Å². The summed E-state index contributed by atoms with van der Waals surface area (Å²) in [5.41, 5.74) is 0. The van der Waals surface area contributed by atoms with Crippen LogP contribution in [0.3, 0.4) is 0 Å². The molecule has 0 bridgehead atoms. The number of carbonyl (C=O) groups is 4. The van der Waals surface area contributed by atoms with Crippen molar-refractivity contribution in [1.82, 2.24) is 16.0 Å². The van der Waals surface area contributed by atoms with Crippen LogP contribution >= 0.6 is 0 Å². The highest BCUT2D eigenvalue weighted by molar-refractivity contribution is 5.76. The van der Waals surface area contributed by atoms with E-state index in [1.807, 2.05) is 0 Å². The monoisotopic (exact) mass is 1320 g/mol. The zero-order chi connectivity index (χ0) is 67.3. The number of ether oxygens (including phenoxy) is 12. The molecule has 0 aromatic rings. The third-order valence-corrected chi connectivity index (χ3v) is 16.3. The molecule has 39 nitrogen and oxygen atoms in total. The zero-order valence-corrected chi connectivity index (χ0v) is 49.3. The highest BCUT2D eigenvalue weighted by atomic mass is 16.8. The number of rotatable bonds is 26. The van der Waals surface area contributed by atoms with E-state index in [0.717, 1.165) is 20.8 Å². The molecule has 90 heavy (non-hydrogen) atoms. The zero-order valence-electron chi connectivity index (χ0n) is 49.3. The van der Waals surface area contributed by atoms with Crippen LogP contribution in [0.2, 0.25) is 0 Å². The molecule has 0 aromatic heterocycles. The number of hydrogen-bond acceptors (Lipinski definition) is 35. The van der Waals surface area contributed by atoms with E-state index >= 15 is 0 Å². The Morgan fingerprint density at radius 2 is 1.01 bits per heavy atom. The number of amides is 3. The molecular formula is C51H87N3O36. The second-order valence-corrected chi connectivity index (χ2v) is 22.9. The summed E-state index contributed by atoms with van der Waals surface area (Å²) in [6.45, 7) is 0.590. The van der Waals surface area contributed by atoms with Gasteiger partial charge in [0.15, 0.2) is 31.5 Å². The molecule has 6 heterocycles. The fourth-order valence-corrected chi connectivity index (χ4v) is 11.2. The van der Waals surface area contributed by atoms with Crippen LogP contribution in [0.4, 0.5) is 0 Å². The normalized spacial score (nSPS) is 44.7. The summed E-state index contributed by atoms with van der Waals surface area (Å²) < 4.78 is 70.6. The van der Waals surface area contributed by atoms with Crippen LogP contribution in [0.5, 0.6) is 0 Å². The molecule has 35 atom stereocenters. The highest BCUT2D eigenvalue weighted by Crippen LogP contribution is 2.40. The maximum atomic E-state index is 13.5. The Kier molecular flexibility index (Phi) is 27.2. The molecule has 3 amide bonds. The number of aliphatic carboxylic acids is 1. The van der Waals surface area contributed by atoms with Gasteiger partial charge in [-0.3, -0.25) is 14.4 Å². The molecule has 0 unspecified atom stereocenters. The van der Waals surface area contributed by atoms with E-state index in [9.17, 15) is 121 Å². The fraction of sp³-hybridized carbons (Fsp3) is 0.922. The number of carboxylic acids is 1. The lowest BCUT2D eigenvalue weighted by Crippen LogP contribution is -2.71. The van der Waals surface area contributed by atoms with Gasteiger partial charge in [0.25, 0.3) is 5.79 Å². The number of carbonyl (C=O) groups excluding carboxylic acids is 3. The van der Waals surface area contributed by atoms with E-state index in [1.54, 1.807) is 0 Å². The Labute approximate surface area is 511 Å². The van der Waals surface area contributed by atoms with Gasteiger partial charge in [0.1, 0.15) is 146 Å². The second kappa shape index (κ2) is 32.4. The Hall–Kier alpha value is -3.36. The summed E-state index contributed by atoms with van der Waals surface area (Å²) in [5, 5.41) is 225. The molecule has 0 saturated carbocycles. The van der Waals surface area contributed by atoms with Crippen LogP contribution in [-0.4, -0.2) is 373 Å². The average molecular weight is 1320 g/mol. The minimum Gasteiger partial charge on any atom is -0.477 e. The summed E-state index contributed by atoms with van der Waals surface area (Å²) in [5.74, 6) is -8.22. The van der Waals surface area contributed by atoms with Crippen LogP contribution < -0.4 is 16.0 Å². The van der Waals surface area contributed by atoms with Gasteiger partial charge >= 0.3 is 5.97 Å². The van der Waals surface area contributed by atoms with Gasteiger partial charge in [0.2, 0.25) is 17.7 Å². The van der Waals surface area contributed by atoms with Gasteiger partial charge in [-0.1, -0.05) is 0 Å². The molecule has 23 N–H and O–H groups in total. The minimum absolute atomic E-state index is 0.822. The van der Waals surface area contributed by atoms with Crippen molar-refractivity contribution in [3.8, 4) is 0 Å². The summed E-state index contributed by atoms with van der Waals surface area (Å²) in [4.78, 5) is 51.9. The summed E-state index contributed by atoms with van der Waals surface area (Å²) in [6, 6.07) is -5.57. The van der Waals surface area contributed by atoms with E-state index < -0.39 is 277 Å². The van der Waals surface area contributed by atoms with Gasteiger partial charge in [-0.05, 0) is 20.8 Å². The van der Waals surface area contributed by atoms with Gasteiger partial charge in [-0.15, -0.1) is 0 Å². The van der Waals surface area contributed by atoms with Crippen LogP contribution in [0, 0.1) is 0 Å². The molecule has 0 spiro atoms. The maximum absolute atomic E-state index is 13.5. The summed E-state index contributed by atoms with van der Waals surface area (Å²) in [7, 11) is 0. The van der Waals surface area contributed by atoms with Crippen molar-refractivity contribution in [2.45, 2.75) is 262 Å². The average Bonchev–Trinajstić information content (AvgIpc) is 0.856. The van der Waals surface area contributed by atoms with E-state index in [1.165, 1.54) is 20.8 Å². The SMILES string of the molecule is CC(=O)N[C@H]1[C@H](O[C@H]2[C@H](O[C@@H]3O[C@@H](C)[C@@H](O)[C@@H](O)[C@@H]3O)[C@@H](NC(C)=O)[C@H](O[C@@H]([C@@H](O)[C@H](O)CO[C@]3(C(=O)O)C[C@H](O[C@@H]4O[C@@H](C)[C@@H](O)[C@@H](O)[C@@H]4O[C@@H]4O[C@@H](C)[C@@H](O)[C@@H](O)[C@@H]4O)[C@@H](O)[C@H]([C@H](O)[C@H](O)CO)O3)[C@H](CO)NC(C)=O)O[C@@H]2CO)O[C@H](CO)[C@H](O)[C@@H]1O. The second-order valence-electron chi connectivity index (χ2n) is 22.9. The molecule has 6 fully saturated rings. The van der Waals surface area contributed by atoms with Crippen LogP contribution in [-0.2, 0) is 76.0 Å². The Bertz CT molecular complexity index is 2310. The topological polar surface area (TPSA) is 620 Å². The van der Waals surface area contributed by atoms with E-state index in [2.05, 4.69) is 16.0 Å². The van der Waals surface area contributed by atoms with E-state index in [0.29, 0.717) is 0 Å². The standard InChI is InChI=1S/C51H87N3O36/c1-13-27(64)35(72)38(75)47(80-13)88-42-26(54-18(6)61)46(85-24(11-58)41(42)87-45-25(53-17(5)60)34(71)32(69)23(10-57)84-45)86-40(19(8-55)52-16(4)59)31(68)21(63)12-79-51(50(77)78)7-22(33(70)43(90-51)30(67)20(62)9-56)83-49-44(37(74)29(66)15(3)82-49)89-48-39(76)36(73)28(65)14(2)81-48/h13-15,19-49,55-58,62-76H,7-12H2,1-6H3,(H,52,59)(H,53,60)(H,54,61)(H,77,78)/t13-,14-,15-,19-,20+,21+,22-,23+,24+,25+,26+,27+,28+,29+,30+,31-,32-,33+,34+,35+,36+,37+,38-,39-,40+,41+,42+,43-,44-,45-,46-,47-,48-,49-,51+/m0/s1. The number of carboxylic acid groups (broad SMARTS) is 1. The lowest BCUT2D eigenvalue weighted by atomic mass is 9.90. The molecule has 522 valence electrons. The predicted octanol–water partition coefficient (Wildman–Crippen LogP) is -13.9. The first-order chi connectivity index (χ1) is 42.2. The smallest absolute Gasteiger partial charge is 0.364 e. The minimum atomic E-state index is -3.32. The summed E-state index contributed by atoms with van der Waals surface area (Å²) in [6.07, 6.45) is -62.8. The van der Waals surface area contributed by atoms with Crippen LogP contribution in [0.15, 0.2) is 0 Å². The quantitative estimate of drug-likeness (QED) is 0.0382. The van der Waals surface area contributed by atoms with Crippen molar-refractivity contribution < 1.29 is 178 Å². The van der Waals surface area contributed by atoms with Crippen molar-refractivity contribution in [3.63, 3.8) is 0 Å². The van der Waals surface area contributed by atoms with Crippen molar-refractivity contribution >= 4 is 23.7 Å². The van der Waals surface area contributed by atoms with Crippen molar-refractivity contribution in [2.24, 2.45) is 0 Å². The van der Waals surface area contributed by atoms with Crippen molar-refractivity contribution in [3.05, 3.63) is 0 Å². The lowest BCUT2D eigenvalue weighted by molar-refractivity contribution is -0.385. The molecule has 6 aliphatic rings. The first kappa shape index (κ1) is 75.7. The molecule has 39 heteroatoms. The molecular weight excluding hydrogens is 1230 g/mol. The van der Waals surface area contributed by atoms with Crippen LogP contribution in [0.1, 0.15) is 48.0 Å². The number of aliphatic hydroxyl groups is 19. The Morgan fingerprint density at radius 1 is 0.511 bits per heavy atom. The maximum Gasteiger partial charge on any atom is 0.364 e. The van der Waals surface area contributed by atoms with Crippen molar-refractivity contribution in [1.29, 1.82) is 0 Å². The Morgan fingerprint density at radius 3 is 1.51 bits per heavy atom. The van der Waals surface area contributed by atoms with Crippen molar-refractivity contribution in [2.75, 3.05) is 33.0 Å². The van der Waals surface area contributed by atoms with Crippen LogP contribution in [0.25, 0.3) is 0 Å². The largest absolute Gasteiger partial charge is 0.477 e. The first-order valence-corrected chi connectivity index (χ1v) is 28.7. The summed E-state index contributed by atoms with van der Waals surface area (Å²) >= 11 is 0. The molecule has 6 saturated heterocycles. The fourth-order valence-electron chi connectivity index (χ4n) is 11.2. The third-order valence-electron chi connectivity index (χ3n) is 16.3. The van der Waals surface area contributed by atoms with E-state index in [-0.39, 0.29) is 0 Å². The van der Waals surface area contributed by atoms with Gasteiger partial charge in [-0.25, -0.2) is 4.79 Å². The Balaban J connectivity index is 1.36. The molecule has 0 radical (unpaired) electrons. The van der Waals surface area contributed by atoms with E-state index in [4.69, 9.17) is 56.8 Å². The predicted molar refractivity (Wildman–Crippen MR) is 282 cm³/mol.